The summed E-state index contributed by atoms with van der Waals surface area (Å²) < 4.78 is 0. The summed E-state index contributed by atoms with van der Waals surface area (Å²) in [5, 5.41) is 0. The van der Waals surface area contributed by atoms with Gasteiger partial charge in [-0.2, -0.15) is 4.89 Å². The molecule has 0 bridgehead atoms. The predicted octanol–water partition coefficient (Wildman–Crippen LogP) is 0.969. The van der Waals surface area contributed by atoms with Gasteiger partial charge in [-0.1, -0.05) is 12.1 Å². The molecule has 0 spiro atoms. The maximum atomic E-state index is 5.45. The van der Waals surface area contributed by atoms with Crippen LogP contribution in [0.1, 0.15) is 11.1 Å². The van der Waals surface area contributed by atoms with Gasteiger partial charge in [-0.05, 0) is 11.6 Å². The SMILES string of the molecule is NCc1ccc2c(c1)OOC2. The molecule has 0 fully saturated rings. The van der Waals surface area contributed by atoms with Gasteiger partial charge in [-0.15, -0.1) is 0 Å². The van der Waals surface area contributed by atoms with Gasteiger partial charge in [0.15, 0.2) is 5.75 Å². The van der Waals surface area contributed by atoms with Crippen molar-refractivity contribution in [2.24, 2.45) is 5.73 Å². The predicted molar refractivity (Wildman–Crippen MR) is 39.8 cm³/mol. The zero-order valence-electron chi connectivity index (χ0n) is 6.04. The highest BCUT2D eigenvalue weighted by atomic mass is 17.2. The molecule has 1 aromatic carbocycles. The third-order valence-corrected chi connectivity index (χ3v) is 1.73. The molecule has 3 nitrogen and oxygen atoms in total. The molecule has 58 valence electrons. The van der Waals surface area contributed by atoms with E-state index in [0.717, 1.165) is 16.9 Å². The van der Waals surface area contributed by atoms with Gasteiger partial charge in [-0.25, -0.2) is 0 Å². The molecule has 0 aromatic heterocycles. The second kappa shape index (κ2) is 2.53. The number of benzene rings is 1. The summed E-state index contributed by atoms with van der Waals surface area (Å²) in [5.74, 6) is 0.799. The lowest BCUT2D eigenvalue weighted by atomic mass is 10.1. The minimum absolute atomic E-state index is 0.538. The number of fused-ring (bicyclic) bond motifs is 1. The van der Waals surface area contributed by atoms with Crippen LogP contribution in [-0.4, -0.2) is 0 Å². The van der Waals surface area contributed by atoms with Crippen LogP contribution in [0.2, 0.25) is 0 Å². The minimum atomic E-state index is 0.538. The van der Waals surface area contributed by atoms with E-state index in [1.807, 2.05) is 18.2 Å². The van der Waals surface area contributed by atoms with Gasteiger partial charge >= 0.3 is 0 Å². The summed E-state index contributed by atoms with van der Waals surface area (Å²) in [5.41, 5.74) is 7.60. The fraction of sp³-hybridized carbons (Fsp3) is 0.250. The van der Waals surface area contributed by atoms with E-state index >= 15 is 0 Å². The highest BCUT2D eigenvalue weighted by molar-refractivity contribution is 5.37. The van der Waals surface area contributed by atoms with E-state index in [9.17, 15) is 0 Å². The molecule has 1 aromatic rings. The van der Waals surface area contributed by atoms with Crippen LogP contribution >= 0.6 is 0 Å². The van der Waals surface area contributed by atoms with Gasteiger partial charge in [0.1, 0.15) is 6.61 Å². The van der Waals surface area contributed by atoms with E-state index in [2.05, 4.69) is 0 Å². The van der Waals surface area contributed by atoms with Crippen LogP contribution in [0.4, 0.5) is 0 Å². The average Bonchev–Trinajstić information content (AvgIpc) is 2.50. The van der Waals surface area contributed by atoms with E-state index in [-0.39, 0.29) is 0 Å². The minimum Gasteiger partial charge on any atom is -0.337 e. The Labute approximate surface area is 64.7 Å². The van der Waals surface area contributed by atoms with Gasteiger partial charge in [0, 0.05) is 12.1 Å². The van der Waals surface area contributed by atoms with Crippen LogP contribution in [-0.2, 0) is 18.0 Å². The molecule has 3 heteroatoms. The van der Waals surface area contributed by atoms with Crippen molar-refractivity contribution in [1.29, 1.82) is 0 Å². The Morgan fingerprint density at radius 3 is 3.18 bits per heavy atom. The smallest absolute Gasteiger partial charge is 0.171 e. The van der Waals surface area contributed by atoms with E-state index in [0.29, 0.717) is 13.2 Å². The Kier molecular flexibility index (Phi) is 1.52. The molecule has 1 heterocycles. The van der Waals surface area contributed by atoms with Crippen LogP contribution in [0.15, 0.2) is 18.2 Å². The number of rotatable bonds is 1. The molecule has 0 amide bonds. The lowest BCUT2D eigenvalue weighted by Crippen LogP contribution is -1.95. The highest BCUT2D eigenvalue weighted by Crippen LogP contribution is 2.26. The van der Waals surface area contributed by atoms with E-state index in [1.54, 1.807) is 0 Å². The first-order valence-electron chi connectivity index (χ1n) is 3.51. The maximum Gasteiger partial charge on any atom is 0.171 e. The second-order valence-electron chi connectivity index (χ2n) is 2.49. The molecule has 0 saturated heterocycles. The molecular formula is C8H9NO2. The lowest BCUT2D eigenvalue weighted by molar-refractivity contribution is -0.194. The van der Waals surface area contributed by atoms with E-state index in [1.165, 1.54) is 0 Å². The number of nitrogens with two attached hydrogens (primary N) is 1. The van der Waals surface area contributed by atoms with Crippen LogP contribution < -0.4 is 10.6 Å². The van der Waals surface area contributed by atoms with Crippen molar-refractivity contribution in [1.82, 2.24) is 0 Å². The Balaban J connectivity index is 2.41. The molecule has 1 aliphatic heterocycles. The molecule has 0 radical (unpaired) electrons. The lowest BCUT2D eigenvalue weighted by Gasteiger charge is -1.97. The van der Waals surface area contributed by atoms with Crippen LogP contribution in [0, 0.1) is 0 Å². The van der Waals surface area contributed by atoms with Gasteiger partial charge in [0.2, 0.25) is 0 Å². The first-order chi connectivity index (χ1) is 5.40. The van der Waals surface area contributed by atoms with E-state index < -0.39 is 0 Å². The summed E-state index contributed by atoms with van der Waals surface area (Å²) >= 11 is 0. The average molecular weight is 151 g/mol. The fourth-order valence-electron chi connectivity index (χ4n) is 1.08. The van der Waals surface area contributed by atoms with Crippen molar-refractivity contribution in [2.75, 3.05) is 0 Å². The largest absolute Gasteiger partial charge is 0.337 e. The Bertz CT molecular complexity index is 273. The third kappa shape index (κ3) is 1.08. The molecule has 0 atom stereocenters. The summed E-state index contributed by atoms with van der Waals surface area (Å²) in [6.07, 6.45) is 0. The molecular weight excluding hydrogens is 142 g/mol. The summed E-state index contributed by atoms with van der Waals surface area (Å²) in [6, 6.07) is 5.86. The second-order valence-corrected chi connectivity index (χ2v) is 2.49. The van der Waals surface area contributed by atoms with Crippen LogP contribution in [0.3, 0.4) is 0 Å². The van der Waals surface area contributed by atoms with Crippen LogP contribution in [0.25, 0.3) is 0 Å². The summed E-state index contributed by atoms with van der Waals surface area (Å²) in [6.45, 7) is 1.08. The summed E-state index contributed by atoms with van der Waals surface area (Å²) in [4.78, 5) is 9.66. The van der Waals surface area contributed by atoms with Gasteiger partial charge in [0.05, 0.1) is 0 Å². The molecule has 0 aliphatic carbocycles. The Morgan fingerprint density at radius 2 is 2.36 bits per heavy atom. The first kappa shape index (κ1) is 6.64. The first-order valence-corrected chi connectivity index (χ1v) is 3.51. The van der Waals surface area contributed by atoms with Gasteiger partial charge in [0.25, 0.3) is 0 Å². The zero-order chi connectivity index (χ0) is 7.68. The highest BCUT2D eigenvalue weighted by Gasteiger charge is 2.12. The Hall–Kier alpha value is -1.06. The van der Waals surface area contributed by atoms with Crippen molar-refractivity contribution in [3.8, 4) is 5.75 Å². The number of hydrogen-bond donors (Lipinski definition) is 1. The van der Waals surface area contributed by atoms with Crippen LogP contribution in [0.5, 0.6) is 5.75 Å². The van der Waals surface area contributed by atoms with Gasteiger partial charge < -0.3 is 10.6 Å². The van der Waals surface area contributed by atoms with E-state index in [4.69, 9.17) is 15.5 Å². The topological polar surface area (TPSA) is 44.5 Å². The molecule has 0 unspecified atom stereocenters. The zero-order valence-corrected chi connectivity index (χ0v) is 6.04. The fourth-order valence-corrected chi connectivity index (χ4v) is 1.08. The Morgan fingerprint density at radius 1 is 1.45 bits per heavy atom. The molecule has 1 aliphatic rings. The standard InChI is InChI=1S/C8H9NO2/c9-4-6-1-2-7-5-10-11-8(7)3-6/h1-3H,4-5,9H2. The van der Waals surface area contributed by atoms with Gasteiger partial charge in [-0.3, -0.25) is 0 Å². The molecule has 11 heavy (non-hydrogen) atoms. The van der Waals surface area contributed by atoms with Crippen molar-refractivity contribution in [3.63, 3.8) is 0 Å². The molecule has 2 N–H and O–H groups in total. The molecule has 0 saturated carbocycles. The van der Waals surface area contributed by atoms with Crippen molar-refractivity contribution >= 4 is 0 Å². The van der Waals surface area contributed by atoms with Crippen molar-refractivity contribution in [3.05, 3.63) is 29.3 Å². The summed E-state index contributed by atoms with van der Waals surface area (Å²) in [7, 11) is 0. The maximum absolute atomic E-state index is 5.45. The quantitative estimate of drug-likeness (QED) is 0.608. The normalized spacial score (nSPS) is 14.3. The van der Waals surface area contributed by atoms with Crippen molar-refractivity contribution < 1.29 is 9.78 Å². The third-order valence-electron chi connectivity index (χ3n) is 1.73. The molecule has 2 rings (SSSR count). The number of hydrogen-bond acceptors (Lipinski definition) is 3. The van der Waals surface area contributed by atoms with Crippen molar-refractivity contribution in [2.45, 2.75) is 13.2 Å². The monoisotopic (exact) mass is 151 g/mol.